The number of hydrogen-bond donors (Lipinski definition) is 1. The first-order chi connectivity index (χ1) is 9.77. The minimum Gasteiger partial charge on any atom is -0.480 e. The van der Waals surface area contributed by atoms with Crippen LogP contribution in [0.25, 0.3) is 0 Å². The first kappa shape index (κ1) is 15.2. The van der Waals surface area contributed by atoms with E-state index >= 15 is 0 Å². The molecule has 0 radical (unpaired) electrons. The van der Waals surface area contributed by atoms with Crippen LogP contribution in [-0.4, -0.2) is 36.3 Å². The van der Waals surface area contributed by atoms with Crippen LogP contribution in [-0.2, 0) is 4.74 Å². The number of aromatic nitrogens is 2. The summed E-state index contributed by atoms with van der Waals surface area (Å²) >= 11 is 0. The SMILES string of the molecule is CCCNC(c1nccnc1OC)C1(OC)CCCC1. The van der Waals surface area contributed by atoms with Crippen molar-refractivity contribution in [2.24, 2.45) is 0 Å². The summed E-state index contributed by atoms with van der Waals surface area (Å²) in [5.74, 6) is 0.587. The summed E-state index contributed by atoms with van der Waals surface area (Å²) in [6.07, 6.45) is 8.93. The molecule has 20 heavy (non-hydrogen) atoms. The molecule has 1 fully saturated rings. The van der Waals surface area contributed by atoms with Crippen molar-refractivity contribution in [3.05, 3.63) is 18.1 Å². The third-order valence-electron chi connectivity index (χ3n) is 4.14. The van der Waals surface area contributed by atoms with Gasteiger partial charge in [0.05, 0.1) is 18.8 Å². The molecule has 5 nitrogen and oxygen atoms in total. The fraction of sp³-hybridized carbons (Fsp3) is 0.733. The Bertz CT molecular complexity index is 419. The highest BCUT2D eigenvalue weighted by Crippen LogP contribution is 2.43. The molecule has 1 N–H and O–H groups in total. The van der Waals surface area contributed by atoms with Crippen LogP contribution in [0.3, 0.4) is 0 Å². The van der Waals surface area contributed by atoms with E-state index in [9.17, 15) is 0 Å². The number of nitrogens with zero attached hydrogens (tertiary/aromatic N) is 2. The standard InChI is InChI=1S/C15H25N3O2/c1-4-9-17-13(15(20-3)7-5-6-8-15)12-14(19-2)18-11-10-16-12/h10-11,13,17H,4-9H2,1-3H3. The van der Waals surface area contributed by atoms with Crippen molar-refractivity contribution in [2.75, 3.05) is 20.8 Å². The predicted octanol–water partition coefficient (Wildman–Crippen LogP) is 2.49. The van der Waals surface area contributed by atoms with E-state index in [1.54, 1.807) is 26.6 Å². The lowest BCUT2D eigenvalue weighted by Crippen LogP contribution is -2.44. The summed E-state index contributed by atoms with van der Waals surface area (Å²) in [7, 11) is 3.44. The molecule has 5 heteroatoms. The van der Waals surface area contributed by atoms with Gasteiger partial charge >= 0.3 is 0 Å². The van der Waals surface area contributed by atoms with E-state index in [1.165, 1.54) is 12.8 Å². The zero-order chi connectivity index (χ0) is 14.4. The largest absolute Gasteiger partial charge is 0.480 e. The third-order valence-corrected chi connectivity index (χ3v) is 4.14. The summed E-state index contributed by atoms with van der Waals surface area (Å²) in [4.78, 5) is 8.79. The minimum atomic E-state index is -0.196. The second-order valence-corrected chi connectivity index (χ2v) is 5.31. The normalized spacial score (nSPS) is 18.9. The first-order valence-electron chi connectivity index (χ1n) is 7.41. The second kappa shape index (κ2) is 6.99. The lowest BCUT2D eigenvalue weighted by atomic mass is 9.89. The van der Waals surface area contributed by atoms with Crippen molar-refractivity contribution < 1.29 is 9.47 Å². The van der Waals surface area contributed by atoms with Gasteiger partial charge in [-0.1, -0.05) is 19.8 Å². The molecule has 1 aliphatic rings. The van der Waals surface area contributed by atoms with Crippen molar-refractivity contribution >= 4 is 0 Å². The molecule has 1 heterocycles. The van der Waals surface area contributed by atoms with Crippen molar-refractivity contribution in [1.29, 1.82) is 0 Å². The smallest absolute Gasteiger partial charge is 0.237 e. The molecule has 1 atom stereocenters. The van der Waals surface area contributed by atoms with Gasteiger partial charge < -0.3 is 14.8 Å². The highest BCUT2D eigenvalue weighted by Gasteiger charge is 2.44. The Labute approximate surface area is 121 Å². The molecule has 1 aromatic rings. The van der Waals surface area contributed by atoms with Gasteiger partial charge in [-0.05, 0) is 25.8 Å². The molecule has 2 rings (SSSR count). The van der Waals surface area contributed by atoms with E-state index in [0.29, 0.717) is 5.88 Å². The molecular formula is C15H25N3O2. The van der Waals surface area contributed by atoms with Gasteiger partial charge in [-0.15, -0.1) is 0 Å². The maximum atomic E-state index is 5.93. The van der Waals surface area contributed by atoms with Crippen LogP contribution in [0.1, 0.15) is 50.8 Å². The average molecular weight is 279 g/mol. The van der Waals surface area contributed by atoms with Crippen LogP contribution in [0.4, 0.5) is 0 Å². The number of nitrogens with one attached hydrogen (secondary N) is 1. The minimum absolute atomic E-state index is 0.0265. The molecule has 1 aromatic heterocycles. The molecule has 0 aromatic carbocycles. The zero-order valence-corrected chi connectivity index (χ0v) is 12.7. The Morgan fingerprint density at radius 2 is 1.95 bits per heavy atom. The van der Waals surface area contributed by atoms with E-state index in [-0.39, 0.29) is 11.6 Å². The van der Waals surface area contributed by atoms with Gasteiger partial charge in [0.15, 0.2) is 0 Å². The predicted molar refractivity (Wildman–Crippen MR) is 77.8 cm³/mol. The van der Waals surface area contributed by atoms with E-state index in [2.05, 4.69) is 22.2 Å². The second-order valence-electron chi connectivity index (χ2n) is 5.31. The van der Waals surface area contributed by atoms with Gasteiger partial charge in [-0.2, -0.15) is 0 Å². The Balaban J connectivity index is 2.35. The Hall–Kier alpha value is -1.20. The lowest BCUT2D eigenvalue weighted by Gasteiger charge is -2.36. The van der Waals surface area contributed by atoms with Crippen LogP contribution < -0.4 is 10.1 Å². The molecule has 1 saturated carbocycles. The number of rotatable bonds is 7. The summed E-state index contributed by atoms with van der Waals surface area (Å²) in [5.41, 5.74) is 0.658. The summed E-state index contributed by atoms with van der Waals surface area (Å²) < 4.78 is 11.3. The van der Waals surface area contributed by atoms with Gasteiger partial charge in [0.1, 0.15) is 5.69 Å². The monoisotopic (exact) mass is 279 g/mol. The van der Waals surface area contributed by atoms with Crippen LogP contribution in [0.15, 0.2) is 12.4 Å². The topological polar surface area (TPSA) is 56.3 Å². The van der Waals surface area contributed by atoms with Crippen molar-refractivity contribution in [3.63, 3.8) is 0 Å². The van der Waals surface area contributed by atoms with Crippen LogP contribution in [0, 0.1) is 0 Å². The molecular weight excluding hydrogens is 254 g/mol. The Morgan fingerprint density at radius 1 is 1.25 bits per heavy atom. The van der Waals surface area contributed by atoms with Crippen molar-refractivity contribution in [2.45, 2.75) is 50.7 Å². The Morgan fingerprint density at radius 3 is 2.55 bits per heavy atom. The Kier molecular flexibility index (Phi) is 5.31. The molecule has 0 aliphatic heterocycles. The van der Waals surface area contributed by atoms with E-state index < -0.39 is 0 Å². The highest BCUT2D eigenvalue weighted by atomic mass is 16.5. The van der Waals surface area contributed by atoms with Crippen LogP contribution in [0.2, 0.25) is 0 Å². The average Bonchev–Trinajstić information content (AvgIpc) is 2.98. The molecule has 0 spiro atoms. The van der Waals surface area contributed by atoms with Crippen LogP contribution >= 0.6 is 0 Å². The maximum Gasteiger partial charge on any atom is 0.237 e. The lowest BCUT2D eigenvalue weighted by molar-refractivity contribution is -0.0385. The van der Waals surface area contributed by atoms with Crippen molar-refractivity contribution in [3.8, 4) is 5.88 Å². The zero-order valence-electron chi connectivity index (χ0n) is 12.7. The molecule has 1 aliphatic carbocycles. The quantitative estimate of drug-likeness (QED) is 0.831. The number of hydrogen-bond acceptors (Lipinski definition) is 5. The van der Waals surface area contributed by atoms with E-state index in [0.717, 1.165) is 31.5 Å². The molecule has 0 amide bonds. The van der Waals surface area contributed by atoms with Gasteiger partial charge in [0, 0.05) is 19.5 Å². The first-order valence-corrected chi connectivity index (χ1v) is 7.41. The highest BCUT2D eigenvalue weighted by molar-refractivity contribution is 5.25. The number of ether oxygens (including phenoxy) is 2. The van der Waals surface area contributed by atoms with Gasteiger partial charge in [0.25, 0.3) is 0 Å². The van der Waals surface area contributed by atoms with Gasteiger partial charge in [-0.25, -0.2) is 4.98 Å². The molecule has 0 saturated heterocycles. The molecule has 0 bridgehead atoms. The van der Waals surface area contributed by atoms with Gasteiger partial charge in [-0.3, -0.25) is 4.98 Å². The summed E-state index contributed by atoms with van der Waals surface area (Å²) in [6.45, 7) is 3.08. The van der Waals surface area contributed by atoms with E-state index in [1.807, 2.05) is 0 Å². The summed E-state index contributed by atoms with van der Waals surface area (Å²) in [6, 6.07) is 0.0265. The fourth-order valence-electron chi connectivity index (χ4n) is 3.10. The molecule has 112 valence electrons. The van der Waals surface area contributed by atoms with Crippen molar-refractivity contribution in [1.82, 2.24) is 15.3 Å². The third kappa shape index (κ3) is 2.94. The maximum absolute atomic E-state index is 5.93. The van der Waals surface area contributed by atoms with Crippen LogP contribution in [0.5, 0.6) is 5.88 Å². The fourth-order valence-corrected chi connectivity index (χ4v) is 3.10. The number of methoxy groups -OCH3 is 2. The summed E-state index contributed by atoms with van der Waals surface area (Å²) in [5, 5.41) is 3.59. The van der Waals surface area contributed by atoms with Gasteiger partial charge in [0.2, 0.25) is 5.88 Å². The van der Waals surface area contributed by atoms with E-state index in [4.69, 9.17) is 9.47 Å². The molecule has 1 unspecified atom stereocenters.